The molecule has 2 aromatic carbocycles. The molecule has 4 nitrogen and oxygen atoms in total. The smallest absolute Gasteiger partial charge is 0.245 e. The van der Waals surface area contributed by atoms with Crippen molar-refractivity contribution in [2.24, 2.45) is 5.73 Å². The van der Waals surface area contributed by atoms with Gasteiger partial charge < -0.3 is 16.0 Å². The fourth-order valence-corrected chi connectivity index (χ4v) is 2.40. The predicted octanol–water partition coefficient (Wildman–Crippen LogP) is 2.71. The summed E-state index contributed by atoms with van der Waals surface area (Å²) in [6, 6.07) is 13.6. The quantitative estimate of drug-likeness (QED) is 0.879. The summed E-state index contributed by atoms with van der Waals surface area (Å²) >= 11 is 0. The summed E-state index contributed by atoms with van der Waals surface area (Å²) in [5.41, 5.74) is 10.8. The topological polar surface area (TPSA) is 58.4 Å². The van der Waals surface area contributed by atoms with E-state index in [9.17, 15) is 4.79 Å². The van der Waals surface area contributed by atoms with Gasteiger partial charge in [0.25, 0.3) is 0 Å². The van der Waals surface area contributed by atoms with Crippen LogP contribution in [0.2, 0.25) is 0 Å². The van der Waals surface area contributed by atoms with Gasteiger partial charge in [-0.25, -0.2) is 0 Å². The van der Waals surface area contributed by atoms with Gasteiger partial charge in [0.15, 0.2) is 0 Å². The van der Waals surface area contributed by atoms with E-state index in [2.05, 4.69) is 41.4 Å². The Morgan fingerprint density at radius 1 is 1.10 bits per heavy atom. The van der Waals surface area contributed by atoms with Gasteiger partial charge in [0, 0.05) is 29.7 Å². The highest BCUT2D eigenvalue weighted by molar-refractivity contribution is 6.03. The normalized spacial score (nSPS) is 16.8. The lowest BCUT2D eigenvalue weighted by Gasteiger charge is -2.20. The van der Waals surface area contributed by atoms with E-state index < -0.39 is 6.04 Å². The highest BCUT2D eigenvalue weighted by Gasteiger charge is 2.27. The molecular weight excluding hydrogens is 250 g/mol. The van der Waals surface area contributed by atoms with Crippen LogP contribution in [-0.4, -0.2) is 13.0 Å². The maximum Gasteiger partial charge on any atom is 0.245 e. The first-order valence-electron chi connectivity index (χ1n) is 6.57. The maximum atomic E-state index is 11.6. The fourth-order valence-electron chi connectivity index (χ4n) is 2.40. The molecule has 1 heterocycles. The number of fused-ring (bicyclic) bond motifs is 1. The van der Waals surface area contributed by atoms with Crippen molar-refractivity contribution in [2.75, 3.05) is 17.3 Å². The summed E-state index contributed by atoms with van der Waals surface area (Å²) in [5.74, 6) is -0.143. The van der Waals surface area contributed by atoms with Crippen LogP contribution in [0.15, 0.2) is 42.5 Å². The Kier molecular flexibility index (Phi) is 2.95. The van der Waals surface area contributed by atoms with Gasteiger partial charge in [-0.1, -0.05) is 23.8 Å². The number of amides is 1. The molecule has 102 valence electrons. The van der Waals surface area contributed by atoms with Crippen LogP contribution in [-0.2, 0) is 4.79 Å². The summed E-state index contributed by atoms with van der Waals surface area (Å²) in [7, 11) is 2.00. The zero-order valence-corrected chi connectivity index (χ0v) is 11.6. The fraction of sp³-hybridized carbons (Fsp3) is 0.188. The van der Waals surface area contributed by atoms with Crippen LogP contribution in [0, 0.1) is 6.92 Å². The van der Waals surface area contributed by atoms with E-state index in [0.717, 1.165) is 22.6 Å². The molecule has 1 aliphatic heterocycles. The Balaban J connectivity index is 1.94. The zero-order valence-electron chi connectivity index (χ0n) is 11.6. The molecule has 0 saturated heterocycles. The van der Waals surface area contributed by atoms with E-state index in [0.29, 0.717) is 0 Å². The highest BCUT2D eigenvalue weighted by atomic mass is 16.2. The second kappa shape index (κ2) is 4.65. The molecule has 0 aromatic heterocycles. The molecule has 4 heteroatoms. The summed E-state index contributed by atoms with van der Waals surface area (Å²) in [4.78, 5) is 13.6. The molecule has 0 aliphatic carbocycles. The highest BCUT2D eigenvalue weighted by Crippen LogP contribution is 2.34. The first kappa shape index (κ1) is 12.7. The van der Waals surface area contributed by atoms with Gasteiger partial charge in [-0.05, 0) is 31.2 Å². The first-order valence-corrected chi connectivity index (χ1v) is 6.57. The SMILES string of the molecule is Cc1ccc(N(C)c2ccc3c(c2)NC(=O)C3N)cc1. The van der Waals surface area contributed by atoms with E-state index in [4.69, 9.17) is 5.73 Å². The number of benzene rings is 2. The van der Waals surface area contributed by atoms with Gasteiger partial charge in [0.2, 0.25) is 5.91 Å². The Morgan fingerprint density at radius 2 is 1.75 bits per heavy atom. The minimum atomic E-state index is -0.552. The van der Waals surface area contributed by atoms with Gasteiger partial charge in [0.05, 0.1) is 0 Å². The molecule has 0 spiro atoms. The van der Waals surface area contributed by atoms with E-state index in [1.54, 1.807) is 0 Å². The molecule has 0 fully saturated rings. The number of carbonyl (C=O) groups excluding carboxylic acids is 1. The van der Waals surface area contributed by atoms with Gasteiger partial charge in [-0.15, -0.1) is 0 Å². The lowest BCUT2D eigenvalue weighted by atomic mass is 10.1. The lowest BCUT2D eigenvalue weighted by Crippen LogP contribution is -2.19. The number of aryl methyl sites for hydroxylation is 1. The van der Waals surface area contributed by atoms with E-state index >= 15 is 0 Å². The molecule has 0 radical (unpaired) electrons. The molecule has 0 bridgehead atoms. The zero-order chi connectivity index (χ0) is 14.3. The minimum absolute atomic E-state index is 0.143. The van der Waals surface area contributed by atoms with Gasteiger partial charge >= 0.3 is 0 Å². The molecular formula is C16H17N3O. The minimum Gasteiger partial charge on any atom is -0.345 e. The maximum absolute atomic E-state index is 11.6. The molecule has 2 aromatic rings. The summed E-state index contributed by atoms with van der Waals surface area (Å²) in [6.45, 7) is 2.07. The third-order valence-electron chi connectivity index (χ3n) is 3.72. The molecule has 3 N–H and O–H groups in total. The number of nitrogens with two attached hydrogens (primary N) is 1. The number of nitrogens with one attached hydrogen (secondary N) is 1. The molecule has 1 aliphatic rings. The molecule has 1 amide bonds. The Morgan fingerprint density at radius 3 is 2.45 bits per heavy atom. The largest absolute Gasteiger partial charge is 0.345 e. The van der Waals surface area contributed by atoms with Crippen LogP contribution < -0.4 is 16.0 Å². The Bertz CT molecular complexity index is 664. The third kappa shape index (κ3) is 2.04. The van der Waals surface area contributed by atoms with Crippen molar-refractivity contribution in [2.45, 2.75) is 13.0 Å². The first-order chi connectivity index (χ1) is 9.56. The predicted molar refractivity (Wildman–Crippen MR) is 81.2 cm³/mol. The van der Waals surface area contributed by atoms with Gasteiger partial charge in [0.1, 0.15) is 6.04 Å². The molecule has 20 heavy (non-hydrogen) atoms. The second-order valence-corrected chi connectivity index (χ2v) is 5.13. The lowest BCUT2D eigenvalue weighted by molar-refractivity contribution is -0.116. The monoisotopic (exact) mass is 267 g/mol. The van der Waals surface area contributed by atoms with Gasteiger partial charge in [-0.3, -0.25) is 4.79 Å². The van der Waals surface area contributed by atoms with Gasteiger partial charge in [-0.2, -0.15) is 0 Å². The third-order valence-corrected chi connectivity index (χ3v) is 3.72. The Hall–Kier alpha value is -2.33. The number of carbonyl (C=O) groups is 1. The van der Waals surface area contributed by atoms with Crippen LogP contribution in [0.1, 0.15) is 17.2 Å². The average molecular weight is 267 g/mol. The summed E-state index contributed by atoms with van der Waals surface area (Å²) in [5, 5.41) is 2.81. The number of hydrogen-bond acceptors (Lipinski definition) is 3. The number of anilines is 3. The number of hydrogen-bond donors (Lipinski definition) is 2. The van der Waals surface area contributed by atoms with Crippen molar-refractivity contribution in [3.05, 3.63) is 53.6 Å². The summed E-state index contributed by atoms with van der Waals surface area (Å²) in [6.07, 6.45) is 0. The molecule has 0 saturated carbocycles. The van der Waals surface area contributed by atoms with Crippen LogP contribution >= 0.6 is 0 Å². The van der Waals surface area contributed by atoms with Crippen LogP contribution in [0.25, 0.3) is 0 Å². The number of rotatable bonds is 2. The van der Waals surface area contributed by atoms with Crippen molar-refractivity contribution < 1.29 is 4.79 Å². The molecule has 1 unspecified atom stereocenters. The standard InChI is InChI=1S/C16H17N3O/c1-10-3-5-11(6-4-10)19(2)12-7-8-13-14(9-12)18-16(20)15(13)17/h3-9,15H,17H2,1-2H3,(H,18,20). The Labute approximate surface area is 118 Å². The van der Waals surface area contributed by atoms with Crippen molar-refractivity contribution in [1.82, 2.24) is 0 Å². The van der Waals surface area contributed by atoms with Crippen molar-refractivity contribution in [1.29, 1.82) is 0 Å². The van der Waals surface area contributed by atoms with Crippen LogP contribution in [0.4, 0.5) is 17.1 Å². The second-order valence-electron chi connectivity index (χ2n) is 5.13. The van der Waals surface area contributed by atoms with Crippen LogP contribution in [0.5, 0.6) is 0 Å². The van der Waals surface area contributed by atoms with E-state index in [-0.39, 0.29) is 5.91 Å². The van der Waals surface area contributed by atoms with E-state index in [1.807, 2.05) is 25.2 Å². The van der Waals surface area contributed by atoms with Crippen molar-refractivity contribution in [3.63, 3.8) is 0 Å². The van der Waals surface area contributed by atoms with Crippen molar-refractivity contribution >= 4 is 23.0 Å². The van der Waals surface area contributed by atoms with Crippen molar-refractivity contribution in [3.8, 4) is 0 Å². The van der Waals surface area contributed by atoms with E-state index in [1.165, 1.54) is 5.56 Å². The summed E-state index contributed by atoms with van der Waals surface area (Å²) < 4.78 is 0. The average Bonchev–Trinajstić information content (AvgIpc) is 2.74. The number of nitrogens with zero attached hydrogens (tertiary/aromatic N) is 1. The van der Waals surface area contributed by atoms with Crippen LogP contribution in [0.3, 0.4) is 0 Å². The molecule has 3 rings (SSSR count). The molecule has 1 atom stereocenters.